The summed E-state index contributed by atoms with van der Waals surface area (Å²) in [6, 6.07) is 1.48. The molecule has 0 aliphatic rings. The average Bonchev–Trinajstić information content (AvgIpc) is 2.29. The van der Waals surface area contributed by atoms with E-state index in [0.29, 0.717) is 12.2 Å². The molecule has 0 spiro atoms. The van der Waals surface area contributed by atoms with Gasteiger partial charge in [0.15, 0.2) is 0 Å². The Hall–Kier alpha value is -1.62. The van der Waals surface area contributed by atoms with Crippen LogP contribution in [0.4, 0.5) is 4.39 Å². The molecule has 0 saturated heterocycles. The number of hydrogen-bond donors (Lipinski definition) is 2. The molecule has 4 nitrogen and oxygen atoms in total. The zero-order valence-corrected chi connectivity index (χ0v) is 10.9. The minimum absolute atomic E-state index is 0.141. The van der Waals surface area contributed by atoms with E-state index in [0.717, 1.165) is 18.4 Å². The Bertz CT molecular complexity index is 406. The molecule has 5 heteroatoms. The first kappa shape index (κ1) is 14.4. The molecule has 4 N–H and O–H groups in total. The van der Waals surface area contributed by atoms with Crippen LogP contribution >= 0.6 is 0 Å². The van der Waals surface area contributed by atoms with Crippen LogP contribution < -0.4 is 11.6 Å². The molecule has 0 radical (unpaired) electrons. The highest BCUT2D eigenvalue weighted by molar-refractivity contribution is 5.19. The zero-order chi connectivity index (χ0) is 13.5. The van der Waals surface area contributed by atoms with Gasteiger partial charge in [-0.05, 0) is 18.1 Å². The van der Waals surface area contributed by atoms with Crippen LogP contribution in [0.2, 0.25) is 0 Å². The van der Waals surface area contributed by atoms with Crippen molar-refractivity contribution in [2.75, 3.05) is 0 Å². The van der Waals surface area contributed by atoms with Crippen molar-refractivity contribution < 1.29 is 4.39 Å². The summed E-state index contributed by atoms with van der Waals surface area (Å²) in [5, 5.41) is 1.38. The summed E-state index contributed by atoms with van der Waals surface area (Å²) >= 11 is 0. The van der Waals surface area contributed by atoms with E-state index in [2.05, 4.69) is 11.9 Å². The van der Waals surface area contributed by atoms with Crippen molar-refractivity contribution in [1.29, 1.82) is 0 Å². The maximum atomic E-state index is 13.9. The first-order valence-corrected chi connectivity index (χ1v) is 6.12. The van der Waals surface area contributed by atoms with E-state index in [-0.39, 0.29) is 11.7 Å². The third-order valence-corrected chi connectivity index (χ3v) is 2.76. The molecule has 100 valence electrons. The Morgan fingerprint density at radius 3 is 2.83 bits per heavy atom. The van der Waals surface area contributed by atoms with Crippen molar-refractivity contribution in [3.63, 3.8) is 0 Å². The number of rotatable bonds is 6. The summed E-state index contributed by atoms with van der Waals surface area (Å²) in [6.07, 6.45) is 6.46. The van der Waals surface area contributed by atoms with Crippen LogP contribution in [0.5, 0.6) is 0 Å². The van der Waals surface area contributed by atoms with Crippen molar-refractivity contribution in [3.8, 4) is 0 Å². The molecule has 18 heavy (non-hydrogen) atoms. The van der Waals surface area contributed by atoms with Crippen LogP contribution in [0.25, 0.3) is 0 Å². The number of hydrazine groups is 1. The lowest BCUT2D eigenvalue weighted by molar-refractivity contribution is 0.384. The normalized spacial score (nSPS) is 12.9. The molecule has 0 aliphatic heterocycles. The smallest absolute Gasteiger partial charge is 0.145 e. The quantitative estimate of drug-likeness (QED) is 0.602. The van der Waals surface area contributed by atoms with Gasteiger partial charge in [0, 0.05) is 24.5 Å². The van der Waals surface area contributed by atoms with Crippen LogP contribution in [-0.2, 0) is 6.54 Å². The van der Waals surface area contributed by atoms with Crippen LogP contribution in [-0.4, -0.2) is 9.99 Å². The van der Waals surface area contributed by atoms with Crippen molar-refractivity contribution in [2.24, 2.45) is 11.6 Å². The maximum Gasteiger partial charge on any atom is 0.145 e. The van der Waals surface area contributed by atoms with Gasteiger partial charge in [0.25, 0.3) is 0 Å². The van der Waals surface area contributed by atoms with Crippen LogP contribution in [0.1, 0.15) is 43.9 Å². The lowest BCUT2D eigenvalue weighted by atomic mass is 10.0. The number of aromatic nitrogens is 1. The first-order valence-electron chi connectivity index (χ1n) is 6.12. The highest BCUT2D eigenvalue weighted by atomic mass is 19.1. The summed E-state index contributed by atoms with van der Waals surface area (Å²) in [7, 11) is 0. The van der Waals surface area contributed by atoms with Crippen LogP contribution in [0.15, 0.2) is 24.7 Å². The molecular formula is C13H21FN4. The van der Waals surface area contributed by atoms with Gasteiger partial charge in [-0.2, -0.15) is 0 Å². The van der Waals surface area contributed by atoms with E-state index in [1.54, 1.807) is 6.20 Å². The van der Waals surface area contributed by atoms with Gasteiger partial charge in [-0.1, -0.05) is 20.3 Å². The molecule has 1 aromatic heterocycles. The predicted molar refractivity (Wildman–Crippen MR) is 70.6 cm³/mol. The second kappa shape index (κ2) is 6.96. The number of nitrogens with zero attached hydrogens (tertiary/aromatic N) is 2. The predicted octanol–water partition coefficient (Wildman–Crippen LogP) is 2.23. The summed E-state index contributed by atoms with van der Waals surface area (Å²) < 4.78 is 13.9. The standard InChI is InChI=1S/C13H21FN4/c1-3-4-10(2)13-12(14)7-11(8-17-13)9-18(16)6-5-15/h5-8,10H,3-4,9,15-16H2,1-2H3/b6-5-. The lowest BCUT2D eigenvalue weighted by Crippen LogP contribution is -2.24. The third kappa shape index (κ3) is 4.00. The Morgan fingerprint density at radius 2 is 2.28 bits per heavy atom. The largest absolute Gasteiger partial charge is 0.403 e. The monoisotopic (exact) mass is 252 g/mol. The molecule has 1 unspecified atom stereocenters. The van der Waals surface area contributed by atoms with Gasteiger partial charge in [-0.25, -0.2) is 10.2 Å². The number of hydrogen-bond acceptors (Lipinski definition) is 4. The van der Waals surface area contributed by atoms with Gasteiger partial charge in [0.2, 0.25) is 0 Å². The minimum atomic E-state index is -0.265. The van der Waals surface area contributed by atoms with E-state index in [4.69, 9.17) is 11.6 Å². The van der Waals surface area contributed by atoms with Crippen LogP contribution in [0, 0.1) is 5.82 Å². The molecule has 0 aromatic carbocycles. The van der Waals surface area contributed by atoms with Crippen molar-refractivity contribution in [3.05, 3.63) is 41.7 Å². The molecule has 0 fully saturated rings. The van der Waals surface area contributed by atoms with Gasteiger partial charge >= 0.3 is 0 Å². The molecule has 0 saturated carbocycles. The van der Waals surface area contributed by atoms with Gasteiger partial charge in [-0.3, -0.25) is 4.98 Å². The second-order valence-electron chi connectivity index (χ2n) is 4.41. The highest BCUT2D eigenvalue weighted by Gasteiger charge is 2.12. The van der Waals surface area contributed by atoms with Crippen molar-refractivity contribution in [1.82, 2.24) is 9.99 Å². The molecule has 1 heterocycles. The fraction of sp³-hybridized carbons (Fsp3) is 0.462. The van der Waals surface area contributed by atoms with E-state index in [1.807, 2.05) is 6.92 Å². The van der Waals surface area contributed by atoms with E-state index in [9.17, 15) is 4.39 Å². The van der Waals surface area contributed by atoms with Gasteiger partial charge in [-0.15, -0.1) is 0 Å². The molecule has 0 bridgehead atoms. The SMILES string of the molecule is CCCC(C)c1ncc(CN(N)/C=C\N)cc1F. The summed E-state index contributed by atoms with van der Waals surface area (Å²) in [5.74, 6) is 5.50. The van der Waals surface area contributed by atoms with E-state index in [1.165, 1.54) is 23.5 Å². The molecule has 1 aromatic rings. The molecule has 1 rings (SSSR count). The Labute approximate surface area is 107 Å². The molecule has 0 amide bonds. The first-order chi connectivity index (χ1) is 8.58. The van der Waals surface area contributed by atoms with Gasteiger partial charge in [0.1, 0.15) is 5.82 Å². The highest BCUT2D eigenvalue weighted by Crippen LogP contribution is 2.21. The second-order valence-corrected chi connectivity index (χ2v) is 4.41. The fourth-order valence-electron chi connectivity index (χ4n) is 1.88. The Kier molecular flexibility index (Phi) is 5.58. The van der Waals surface area contributed by atoms with Gasteiger partial charge < -0.3 is 10.7 Å². The molecule has 1 atom stereocenters. The van der Waals surface area contributed by atoms with E-state index < -0.39 is 0 Å². The van der Waals surface area contributed by atoms with Crippen molar-refractivity contribution in [2.45, 2.75) is 39.2 Å². The number of halogens is 1. The summed E-state index contributed by atoms with van der Waals surface area (Å²) in [5.41, 5.74) is 6.47. The third-order valence-electron chi connectivity index (χ3n) is 2.76. The number of pyridine rings is 1. The summed E-state index contributed by atoms with van der Waals surface area (Å²) in [6.45, 7) is 4.44. The minimum Gasteiger partial charge on any atom is -0.403 e. The number of nitrogens with two attached hydrogens (primary N) is 2. The Balaban J connectivity index is 2.79. The zero-order valence-electron chi connectivity index (χ0n) is 10.9. The average molecular weight is 252 g/mol. The topological polar surface area (TPSA) is 68.2 Å². The fourth-order valence-corrected chi connectivity index (χ4v) is 1.88. The van der Waals surface area contributed by atoms with Gasteiger partial charge in [0.05, 0.1) is 12.2 Å². The molecular weight excluding hydrogens is 231 g/mol. The molecule has 0 aliphatic carbocycles. The lowest BCUT2D eigenvalue weighted by Gasteiger charge is -2.15. The van der Waals surface area contributed by atoms with E-state index >= 15 is 0 Å². The van der Waals surface area contributed by atoms with Crippen molar-refractivity contribution >= 4 is 0 Å². The summed E-state index contributed by atoms with van der Waals surface area (Å²) in [4.78, 5) is 4.20. The Morgan fingerprint density at radius 1 is 1.56 bits per heavy atom. The maximum absolute atomic E-state index is 13.9. The van der Waals surface area contributed by atoms with Crippen LogP contribution in [0.3, 0.4) is 0 Å².